The second-order valence-corrected chi connectivity index (χ2v) is 4.94. The second kappa shape index (κ2) is 10.0. The van der Waals surface area contributed by atoms with Gasteiger partial charge in [-0.2, -0.15) is 26.3 Å². The molecule has 0 saturated heterocycles. The van der Waals surface area contributed by atoms with Crippen LogP contribution < -0.4 is 0 Å². The topological polar surface area (TPSA) is 78.9 Å². The summed E-state index contributed by atoms with van der Waals surface area (Å²) in [6, 6.07) is 0. The number of rotatable bonds is 9. The number of halogens is 6. The zero-order valence-corrected chi connectivity index (χ0v) is 13.5. The van der Waals surface area contributed by atoms with Crippen molar-refractivity contribution in [3.63, 3.8) is 0 Å². The van der Waals surface area contributed by atoms with Gasteiger partial charge in [0.25, 0.3) is 6.10 Å². The average Bonchev–Trinajstić information content (AvgIpc) is 2.46. The van der Waals surface area contributed by atoms with Gasteiger partial charge in [-0.25, -0.2) is 4.79 Å². The van der Waals surface area contributed by atoms with Crippen molar-refractivity contribution >= 4 is 17.9 Å². The maximum atomic E-state index is 12.2. The number of carbonyl (C=O) groups excluding carboxylic acids is 3. The molecule has 0 N–H and O–H groups in total. The minimum Gasteiger partial charge on any atom is -0.462 e. The van der Waals surface area contributed by atoms with Gasteiger partial charge in [-0.1, -0.05) is 6.58 Å². The molecule has 0 rings (SSSR count). The van der Waals surface area contributed by atoms with E-state index in [0.717, 1.165) is 0 Å². The van der Waals surface area contributed by atoms with Gasteiger partial charge in [0.15, 0.2) is 0 Å². The Hall–Kier alpha value is -2.27. The van der Waals surface area contributed by atoms with Gasteiger partial charge >= 0.3 is 30.3 Å². The minimum absolute atomic E-state index is 0.130. The fourth-order valence-electron chi connectivity index (χ4n) is 1.37. The average molecular weight is 394 g/mol. The van der Waals surface area contributed by atoms with Crippen molar-refractivity contribution in [2.24, 2.45) is 0 Å². The van der Waals surface area contributed by atoms with Gasteiger partial charge in [0, 0.05) is 18.4 Å². The summed E-state index contributed by atoms with van der Waals surface area (Å²) in [4.78, 5) is 33.3. The van der Waals surface area contributed by atoms with E-state index in [2.05, 4.69) is 20.8 Å². The normalized spacial score (nSPS) is 11.8. The van der Waals surface area contributed by atoms with Crippen LogP contribution in [-0.2, 0) is 28.6 Å². The fourth-order valence-corrected chi connectivity index (χ4v) is 1.37. The molecule has 12 heteroatoms. The standard InChI is InChI=1S/C14H16F6O6/c1-8(2)11(23)25-7-6-24-9(21)4-3-5-10(22)26-12(13(15,16)17)14(18,19)20/h12H,1,3-7H2,2H3. The first kappa shape index (κ1) is 23.7. The largest absolute Gasteiger partial charge is 0.462 e. The molecule has 0 aliphatic carbocycles. The maximum Gasteiger partial charge on any atom is 0.434 e. The fraction of sp³-hybridized carbons (Fsp3) is 0.643. The first-order valence-corrected chi connectivity index (χ1v) is 7.06. The zero-order chi connectivity index (χ0) is 20.5. The lowest BCUT2D eigenvalue weighted by molar-refractivity contribution is -0.313. The van der Waals surface area contributed by atoms with Crippen LogP contribution in [0.5, 0.6) is 0 Å². The highest BCUT2D eigenvalue weighted by molar-refractivity contribution is 5.86. The molecule has 6 nitrogen and oxygen atoms in total. The van der Waals surface area contributed by atoms with Gasteiger partial charge in [0.05, 0.1) is 0 Å². The Morgan fingerprint density at radius 1 is 0.885 bits per heavy atom. The molecule has 0 radical (unpaired) electrons. The van der Waals surface area contributed by atoms with Crippen molar-refractivity contribution in [3.8, 4) is 0 Å². The van der Waals surface area contributed by atoms with E-state index in [1.54, 1.807) is 0 Å². The molecule has 0 aromatic rings. The van der Waals surface area contributed by atoms with Crippen LogP contribution in [0.1, 0.15) is 26.2 Å². The second-order valence-electron chi connectivity index (χ2n) is 4.94. The number of hydrogen-bond acceptors (Lipinski definition) is 6. The minimum atomic E-state index is -5.80. The molecule has 26 heavy (non-hydrogen) atoms. The Labute approximate surface area is 144 Å². The van der Waals surface area contributed by atoms with Crippen molar-refractivity contribution in [1.82, 2.24) is 0 Å². The van der Waals surface area contributed by atoms with Crippen LogP contribution in [0.3, 0.4) is 0 Å². The predicted molar refractivity (Wildman–Crippen MR) is 72.6 cm³/mol. The first-order valence-electron chi connectivity index (χ1n) is 7.06. The van der Waals surface area contributed by atoms with E-state index in [1.165, 1.54) is 6.92 Å². The Morgan fingerprint density at radius 3 is 1.81 bits per heavy atom. The SMILES string of the molecule is C=C(C)C(=O)OCCOC(=O)CCCC(=O)OC(C(F)(F)F)C(F)(F)F. The number of esters is 3. The summed E-state index contributed by atoms with van der Waals surface area (Å²) in [5, 5.41) is 0. The quantitative estimate of drug-likeness (QED) is 0.197. The third-order valence-electron chi connectivity index (χ3n) is 2.53. The van der Waals surface area contributed by atoms with Crippen LogP contribution in [0.4, 0.5) is 26.3 Å². The van der Waals surface area contributed by atoms with E-state index in [4.69, 9.17) is 0 Å². The smallest absolute Gasteiger partial charge is 0.434 e. The van der Waals surface area contributed by atoms with Crippen molar-refractivity contribution in [2.75, 3.05) is 13.2 Å². The van der Waals surface area contributed by atoms with Crippen LogP contribution in [0.25, 0.3) is 0 Å². The van der Waals surface area contributed by atoms with E-state index in [9.17, 15) is 40.7 Å². The van der Waals surface area contributed by atoms with Gasteiger partial charge in [-0.3, -0.25) is 9.59 Å². The van der Waals surface area contributed by atoms with E-state index in [-0.39, 0.29) is 25.2 Å². The Kier molecular flexibility index (Phi) is 9.14. The lowest BCUT2D eigenvalue weighted by atomic mass is 10.2. The molecular formula is C14H16F6O6. The third-order valence-corrected chi connectivity index (χ3v) is 2.53. The van der Waals surface area contributed by atoms with Crippen LogP contribution in [0.15, 0.2) is 12.2 Å². The predicted octanol–water partition coefficient (Wildman–Crippen LogP) is 2.86. The van der Waals surface area contributed by atoms with Crippen LogP contribution in [-0.4, -0.2) is 49.6 Å². The number of alkyl halides is 6. The van der Waals surface area contributed by atoms with Gasteiger partial charge in [0.1, 0.15) is 13.2 Å². The molecule has 0 atom stereocenters. The van der Waals surface area contributed by atoms with E-state index in [0.29, 0.717) is 0 Å². The number of hydrogen-bond donors (Lipinski definition) is 0. The molecule has 0 fully saturated rings. The van der Waals surface area contributed by atoms with E-state index >= 15 is 0 Å². The van der Waals surface area contributed by atoms with Crippen LogP contribution in [0.2, 0.25) is 0 Å². The molecule has 0 unspecified atom stereocenters. The Morgan fingerprint density at radius 2 is 1.35 bits per heavy atom. The van der Waals surface area contributed by atoms with Crippen molar-refractivity contribution < 1.29 is 54.9 Å². The molecule has 150 valence electrons. The van der Waals surface area contributed by atoms with E-state index in [1.807, 2.05) is 0 Å². The highest BCUT2D eigenvalue weighted by atomic mass is 19.4. The number of carbonyl (C=O) groups is 3. The molecule has 0 saturated carbocycles. The first-order chi connectivity index (χ1) is 11.7. The molecule has 0 spiro atoms. The molecule has 0 aromatic carbocycles. The molecule has 0 bridgehead atoms. The monoisotopic (exact) mass is 394 g/mol. The summed E-state index contributed by atoms with van der Waals surface area (Å²) in [5.41, 5.74) is 0.130. The molecule has 0 aliphatic rings. The Bertz CT molecular complexity index is 511. The summed E-state index contributed by atoms with van der Waals surface area (Å²) >= 11 is 0. The van der Waals surface area contributed by atoms with Gasteiger partial charge in [0.2, 0.25) is 0 Å². The third kappa shape index (κ3) is 9.89. The molecule has 0 amide bonds. The van der Waals surface area contributed by atoms with Gasteiger partial charge in [-0.05, 0) is 13.3 Å². The van der Waals surface area contributed by atoms with Gasteiger partial charge in [-0.15, -0.1) is 0 Å². The maximum absolute atomic E-state index is 12.2. The lowest BCUT2D eigenvalue weighted by Crippen LogP contribution is -2.45. The van der Waals surface area contributed by atoms with Crippen molar-refractivity contribution in [1.29, 1.82) is 0 Å². The zero-order valence-electron chi connectivity index (χ0n) is 13.5. The van der Waals surface area contributed by atoms with E-state index < -0.39 is 49.2 Å². The highest BCUT2D eigenvalue weighted by Gasteiger charge is 2.59. The van der Waals surface area contributed by atoms with Crippen molar-refractivity contribution in [3.05, 3.63) is 12.2 Å². The molecule has 0 aliphatic heterocycles. The summed E-state index contributed by atoms with van der Waals surface area (Å²) in [6.07, 6.45) is -17.5. The summed E-state index contributed by atoms with van der Waals surface area (Å²) in [7, 11) is 0. The van der Waals surface area contributed by atoms with Crippen LogP contribution in [0, 0.1) is 0 Å². The van der Waals surface area contributed by atoms with Crippen molar-refractivity contribution in [2.45, 2.75) is 44.6 Å². The Balaban J connectivity index is 4.12. The molecule has 0 aromatic heterocycles. The van der Waals surface area contributed by atoms with Gasteiger partial charge < -0.3 is 14.2 Å². The summed E-state index contributed by atoms with van der Waals surface area (Å²) in [5.74, 6) is -3.34. The molecular weight excluding hydrogens is 378 g/mol. The highest BCUT2D eigenvalue weighted by Crippen LogP contribution is 2.35. The summed E-state index contributed by atoms with van der Waals surface area (Å²) in [6.45, 7) is 4.13. The lowest BCUT2D eigenvalue weighted by Gasteiger charge is -2.22. The summed E-state index contributed by atoms with van der Waals surface area (Å²) < 4.78 is 85.8. The van der Waals surface area contributed by atoms with Crippen LogP contribution >= 0.6 is 0 Å². The number of ether oxygens (including phenoxy) is 3. The molecule has 0 heterocycles.